The molecule has 0 saturated heterocycles. The number of halogens is 1. The molecule has 0 radical (unpaired) electrons. The van der Waals surface area contributed by atoms with Crippen molar-refractivity contribution in [2.45, 2.75) is 38.1 Å². The molecule has 1 aromatic rings. The first-order valence-corrected chi connectivity index (χ1v) is 6.99. The molecule has 16 heavy (non-hydrogen) atoms. The first-order valence-electron chi connectivity index (χ1n) is 6.19. The van der Waals surface area contributed by atoms with Gasteiger partial charge in [-0.1, -0.05) is 40.9 Å². The van der Waals surface area contributed by atoms with Crippen molar-refractivity contribution in [3.05, 3.63) is 33.8 Å². The SMILES string of the molecule is Cc1ccc(C2(N)C3CCCCC32)cc1Br. The van der Waals surface area contributed by atoms with E-state index in [0.29, 0.717) is 0 Å². The summed E-state index contributed by atoms with van der Waals surface area (Å²) in [5, 5.41) is 0. The number of benzene rings is 1. The van der Waals surface area contributed by atoms with E-state index in [0.717, 1.165) is 11.8 Å². The maximum absolute atomic E-state index is 6.62. The van der Waals surface area contributed by atoms with Gasteiger partial charge in [0.2, 0.25) is 0 Å². The minimum Gasteiger partial charge on any atom is -0.321 e. The van der Waals surface area contributed by atoms with Crippen LogP contribution in [0, 0.1) is 18.8 Å². The Labute approximate surface area is 106 Å². The van der Waals surface area contributed by atoms with Gasteiger partial charge in [0.1, 0.15) is 0 Å². The van der Waals surface area contributed by atoms with Crippen molar-refractivity contribution in [3.8, 4) is 0 Å². The number of hydrogen-bond donors (Lipinski definition) is 1. The molecule has 0 aliphatic heterocycles. The third-order valence-corrected chi connectivity index (χ3v) is 5.41. The van der Waals surface area contributed by atoms with Gasteiger partial charge in [-0.05, 0) is 48.8 Å². The van der Waals surface area contributed by atoms with Crippen LogP contribution < -0.4 is 5.73 Å². The Morgan fingerprint density at radius 2 is 1.88 bits per heavy atom. The predicted octanol–water partition coefficient (Wildman–Crippen LogP) is 3.73. The molecule has 0 heterocycles. The molecule has 2 fully saturated rings. The standard InChI is InChI=1S/C14H18BrN/c1-9-6-7-10(8-13(9)15)14(16)11-4-2-3-5-12(11)14/h6-8,11-12H,2-5,16H2,1H3. The Balaban J connectivity index is 1.95. The molecule has 0 aromatic heterocycles. The molecule has 2 saturated carbocycles. The maximum Gasteiger partial charge on any atom is 0.0474 e. The van der Waals surface area contributed by atoms with E-state index in [2.05, 4.69) is 41.1 Å². The van der Waals surface area contributed by atoms with E-state index in [9.17, 15) is 0 Å². The molecule has 1 nitrogen and oxygen atoms in total. The molecule has 86 valence electrons. The second kappa shape index (κ2) is 3.58. The normalized spacial score (nSPS) is 36.9. The van der Waals surface area contributed by atoms with Gasteiger partial charge >= 0.3 is 0 Å². The molecule has 2 unspecified atom stereocenters. The molecule has 2 atom stereocenters. The van der Waals surface area contributed by atoms with Crippen LogP contribution in [0.25, 0.3) is 0 Å². The lowest BCUT2D eigenvalue weighted by Gasteiger charge is -2.13. The van der Waals surface area contributed by atoms with E-state index >= 15 is 0 Å². The Morgan fingerprint density at radius 3 is 2.44 bits per heavy atom. The van der Waals surface area contributed by atoms with Crippen LogP contribution in [0.1, 0.15) is 36.8 Å². The molecule has 0 spiro atoms. The van der Waals surface area contributed by atoms with Crippen LogP contribution in [0.4, 0.5) is 0 Å². The molecule has 2 aliphatic carbocycles. The number of fused-ring (bicyclic) bond motifs is 1. The molecule has 1 aromatic carbocycles. The van der Waals surface area contributed by atoms with Gasteiger partial charge in [-0.2, -0.15) is 0 Å². The molecule has 2 aliphatic rings. The summed E-state index contributed by atoms with van der Waals surface area (Å²) in [6.07, 6.45) is 5.39. The lowest BCUT2D eigenvalue weighted by Crippen LogP contribution is -2.23. The van der Waals surface area contributed by atoms with Crippen molar-refractivity contribution in [3.63, 3.8) is 0 Å². The smallest absolute Gasteiger partial charge is 0.0474 e. The summed E-state index contributed by atoms with van der Waals surface area (Å²) in [7, 11) is 0. The predicted molar refractivity (Wildman–Crippen MR) is 70.2 cm³/mol. The first-order chi connectivity index (χ1) is 7.64. The van der Waals surface area contributed by atoms with Gasteiger partial charge in [0.25, 0.3) is 0 Å². The quantitative estimate of drug-likeness (QED) is 0.833. The van der Waals surface area contributed by atoms with Crippen molar-refractivity contribution >= 4 is 15.9 Å². The Kier molecular flexibility index (Phi) is 2.41. The monoisotopic (exact) mass is 279 g/mol. The van der Waals surface area contributed by atoms with Gasteiger partial charge in [-0.15, -0.1) is 0 Å². The van der Waals surface area contributed by atoms with Crippen LogP contribution in [-0.2, 0) is 5.54 Å². The van der Waals surface area contributed by atoms with E-state index in [1.807, 2.05) is 0 Å². The minimum atomic E-state index is -0.00722. The molecule has 2 N–H and O–H groups in total. The largest absolute Gasteiger partial charge is 0.321 e. The van der Waals surface area contributed by atoms with E-state index in [-0.39, 0.29) is 5.54 Å². The highest BCUT2D eigenvalue weighted by Gasteiger charge is 2.62. The highest BCUT2D eigenvalue weighted by atomic mass is 79.9. The maximum atomic E-state index is 6.62. The number of aryl methyl sites for hydroxylation is 1. The van der Waals surface area contributed by atoms with Gasteiger partial charge in [0.15, 0.2) is 0 Å². The zero-order valence-electron chi connectivity index (χ0n) is 9.67. The Morgan fingerprint density at radius 1 is 1.25 bits per heavy atom. The van der Waals surface area contributed by atoms with E-state index in [4.69, 9.17) is 5.73 Å². The summed E-state index contributed by atoms with van der Waals surface area (Å²) in [4.78, 5) is 0. The highest BCUT2D eigenvalue weighted by Crippen LogP contribution is 2.62. The van der Waals surface area contributed by atoms with E-state index < -0.39 is 0 Å². The molecule has 0 amide bonds. The molecular formula is C14H18BrN. The average molecular weight is 280 g/mol. The van der Waals surface area contributed by atoms with Gasteiger partial charge in [0, 0.05) is 10.0 Å². The zero-order chi connectivity index (χ0) is 11.3. The molecule has 3 rings (SSSR count). The van der Waals surface area contributed by atoms with Crippen LogP contribution in [0.15, 0.2) is 22.7 Å². The minimum absolute atomic E-state index is 0.00722. The summed E-state index contributed by atoms with van der Waals surface area (Å²) < 4.78 is 1.19. The number of rotatable bonds is 1. The topological polar surface area (TPSA) is 26.0 Å². The molecule has 0 bridgehead atoms. The van der Waals surface area contributed by atoms with Crippen molar-refractivity contribution < 1.29 is 0 Å². The van der Waals surface area contributed by atoms with Crippen LogP contribution in [0.2, 0.25) is 0 Å². The van der Waals surface area contributed by atoms with Gasteiger partial charge in [-0.3, -0.25) is 0 Å². The Bertz CT molecular complexity index is 415. The van der Waals surface area contributed by atoms with Gasteiger partial charge < -0.3 is 5.73 Å². The van der Waals surface area contributed by atoms with Crippen molar-refractivity contribution in [1.82, 2.24) is 0 Å². The zero-order valence-corrected chi connectivity index (χ0v) is 11.3. The fourth-order valence-corrected chi connectivity index (χ4v) is 3.84. The van der Waals surface area contributed by atoms with E-state index in [1.165, 1.54) is 41.3 Å². The third kappa shape index (κ3) is 1.39. The third-order valence-electron chi connectivity index (χ3n) is 4.56. The second-order valence-corrected chi connectivity index (χ2v) is 6.25. The molecule has 2 heteroatoms. The van der Waals surface area contributed by atoms with Gasteiger partial charge in [-0.25, -0.2) is 0 Å². The lowest BCUT2D eigenvalue weighted by molar-refractivity contribution is 0.480. The summed E-state index contributed by atoms with van der Waals surface area (Å²) >= 11 is 3.61. The lowest BCUT2D eigenvalue weighted by atomic mass is 10.0. The fraction of sp³-hybridized carbons (Fsp3) is 0.571. The fourth-order valence-electron chi connectivity index (χ4n) is 3.46. The first kappa shape index (κ1) is 10.8. The number of hydrogen-bond acceptors (Lipinski definition) is 1. The van der Waals surface area contributed by atoms with Gasteiger partial charge in [0.05, 0.1) is 0 Å². The van der Waals surface area contributed by atoms with Crippen molar-refractivity contribution in [2.24, 2.45) is 17.6 Å². The van der Waals surface area contributed by atoms with Crippen LogP contribution in [-0.4, -0.2) is 0 Å². The van der Waals surface area contributed by atoms with Crippen LogP contribution in [0.5, 0.6) is 0 Å². The van der Waals surface area contributed by atoms with E-state index in [1.54, 1.807) is 0 Å². The van der Waals surface area contributed by atoms with Crippen molar-refractivity contribution in [1.29, 1.82) is 0 Å². The summed E-state index contributed by atoms with van der Waals surface area (Å²) in [5.74, 6) is 1.49. The van der Waals surface area contributed by atoms with Crippen molar-refractivity contribution in [2.75, 3.05) is 0 Å². The molecular weight excluding hydrogens is 262 g/mol. The van der Waals surface area contributed by atoms with Crippen LogP contribution >= 0.6 is 15.9 Å². The second-order valence-electron chi connectivity index (χ2n) is 5.39. The summed E-state index contributed by atoms with van der Waals surface area (Å²) in [5.41, 5.74) is 9.23. The summed E-state index contributed by atoms with van der Waals surface area (Å²) in [6.45, 7) is 2.12. The number of nitrogens with two attached hydrogens (primary N) is 1. The van der Waals surface area contributed by atoms with Crippen LogP contribution in [0.3, 0.4) is 0 Å². The Hall–Kier alpha value is -0.340. The highest BCUT2D eigenvalue weighted by molar-refractivity contribution is 9.10. The average Bonchev–Trinajstić information content (AvgIpc) is 2.91. The summed E-state index contributed by atoms with van der Waals surface area (Å²) in [6, 6.07) is 6.63.